The molecule has 0 saturated carbocycles. The molecule has 3 rings (SSSR count). The largest absolute Gasteiger partial charge is 0.493 e. The van der Waals surface area contributed by atoms with E-state index in [0.29, 0.717) is 12.5 Å². The average molecular weight is 501 g/mol. The smallest absolute Gasteiger partial charge is 0.421 e. The van der Waals surface area contributed by atoms with Gasteiger partial charge < -0.3 is 15.2 Å². The number of rotatable bonds is 9. The van der Waals surface area contributed by atoms with E-state index in [1.54, 1.807) is 13.8 Å². The number of esters is 1. The van der Waals surface area contributed by atoms with Crippen molar-refractivity contribution in [3.8, 4) is 17.0 Å². The Morgan fingerprint density at radius 1 is 1.06 bits per heavy atom. The SMILES string of the molecule is CCOC(=O)[C@H](C)C[C@@H](Cc1ccc(-c2ccccc2)cc1)NC(=O)c1cnc(O)c(C(F)(F)F)c1. The number of aromatic hydroxyl groups is 1. The summed E-state index contributed by atoms with van der Waals surface area (Å²) in [5, 5.41) is 12.2. The normalized spacial score (nSPS) is 13.0. The van der Waals surface area contributed by atoms with Crippen LogP contribution in [-0.4, -0.2) is 34.6 Å². The Balaban J connectivity index is 1.81. The van der Waals surface area contributed by atoms with E-state index in [4.69, 9.17) is 4.74 Å². The van der Waals surface area contributed by atoms with Crippen LogP contribution in [0.1, 0.15) is 41.8 Å². The molecule has 0 bridgehead atoms. The maximum atomic E-state index is 13.1. The number of alkyl halides is 3. The van der Waals surface area contributed by atoms with Crippen molar-refractivity contribution in [3.63, 3.8) is 0 Å². The number of carbonyl (C=O) groups excluding carboxylic acids is 2. The Bertz CT molecular complexity index is 1180. The molecular weight excluding hydrogens is 473 g/mol. The molecule has 0 radical (unpaired) electrons. The quantitative estimate of drug-likeness (QED) is 0.384. The minimum Gasteiger partial charge on any atom is -0.493 e. The number of amides is 1. The van der Waals surface area contributed by atoms with Gasteiger partial charge in [-0.2, -0.15) is 13.2 Å². The average Bonchev–Trinajstić information content (AvgIpc) is 2.84. The molecule has 0 aliphatic heterocycles. The molecule has 3 aromatic rings. The summed E-state index contributed by atoms with van der Waals surface area (Å²) in [4.78, 5) is 28.3. The standard InChI is InChI=1S/C27H27F3N2O4/c1-3-36-26(35)17(2)13-22(14-18-9-11-20(12-10-18)19-7-5-4-6-8-19)32-24(33)21-15-23(27(28,29)30)25(34)31-16-21/h4-12,15-17,22H,3,13-14H2,1-2H3,(H,31,34)(H,32,33)/t17-,22+/m1/s1. The second kappa shape index (κ2) is 11.7. The van der Waals surface area contributed by atoms with Crippen LogP contribution in [0.3, 0.4) is 0 Å². The second-order valence-electron chi connectivity index (χ2n) is 8.42. The van der Waals surface area contributed by atoms with E-state index in [1.807, 2.05) is 54.6 Å². The molecule has 0 saturated heterocycles. The van der Waals surface area contributed by atoms with Crippen molar-refractivity contribution in [2.75, 3.05) is 6.61 Å². The number of aromatic nitrogens is 1. The highest BCUT2D eigenvalue weighted by atomic mass is 19.4. The van der Waals surface area contributed by atoms with Crippen LogP contribution < -0.4 is 5.32 Å². The molecule has 0 fully saturated rings. The third kappa shape index (κ3) is 7.07. The fraction of sp³-hybridized carbons (Fsp3) is 0.296. The summed E-state index contributed by atoms with van der Waals surface area (Å²) in [5.41, 5.74) is 1.17. The zero-order valence-electron chi connectivity index (χ0n) is 19.9. The minimum atomic E-state index is -4.87. The lowest BCUT2D eigenvalue weighted by atomic mass is 9.94. The van der Waals surface area contributed by atoms with Crippen molar-refractivity contribution in [2.45, 2.75) is 38.9 Å². The van der Waals surface area contributed by atoms with Crippen LogP contribution in [0.2, 0.25) is 0 Å². The summed E-state index contributed by atoms with van der Waals surface area (Å²) in [7, 11) is 0. The zero-order valence-corrected chi connectivity index (χ0v) is 19.9. The number of hydrogen-bond donors (Lipinski definition) is 2. The van der Waals surface area contributed by atoms with Gasteiger partial charge in [0.05, 0.1) is 18.1 Å². The third-order valence-corrected chi connectivity index (χ3v) is 5.64. The number of nitrogens with zero attached hydrogens (tertiary/aromatic N) is 1. The predicted octanol–water partition coefficient (Wildman–Crippen LogP) is 5.40. The fourth-order valence-electron chi connectivity index (χ4n) is 3.81. The number of pyridine rings is 1. The number of halogens is 3. The van der Waals surface area contributed by atoms with Crippen molar-refractivity contribution in [3.05, 3.63) is 83.6 Å². The van der Waals surface area contributed by atoms with E-state index in [2.05, 4.69) is 10.3 Å². The second-order valence-corrected chi connectivity index (χ2v) is 8.42. The first kappa shape index (κ1) is 26.7. The molecule has 0 aliphatic carbocycles. The van der Waals surface area contributed by atoms with Gasteiger partial charge in [0, 0.05) is 12.2 Å². The molecule has 0 unspecified atom stereocenters. The lowest BCUT2D eigenvalue weighted by molar-refractivity contribution is -0.147. The van der Waals surface area contributed by atoms with Gasteiger partial charge in [0.2, 0.25) is 5.88 Å². The minimum absolute atomic E-state index is 0.209. The van der Waals surface area contributed by atoms with Gasteiger partial charge in [-0.1, -0.05) is 61.5 Å². The first-order valence-corrected chi connectivity index (χ1v) is 11.5. The van der Waals surface area contributed by atoms with Gasteiger partial charge in [-0.3, -0.25) is 9.59 Å². The van der Waals surface area contributed by atoms with Gasteiger partial charge in [-0.15, -0.1) is 0 Å². The van der Waals surface area contributed by atoms with E-state index in [0.717, 1.165) is 22.9 Å². The lowest BCUT2D eigenvalue weighted by Crippen LogP contribution is -2.39. The maximum Gasteiger partial charge on any atom is 0.421 e. The Morgan fingerprint density at radius 2 is 1.69 bits per heavy atom. The van der Waals surface area contributed by atoms with Gasteiger partial charge >= 0.3 is 12.1 Å². The predicted molar refractivity (Wildman–Crippen MR) is 128 cm³/mol. The molecule has 6 nitrogen and oxygen atoms in total. The highest BCUT2D eigenvalue weighted by Gasteiger charge is 2.35. The van der Waals surface area contributed by atoms with Gasteiger partial charge in [-0.05, 0) is 42.5 Å². The zero-order chi connectivity index (χ0) is 26.3. The summed E-state index contributed by atoms with van der Waals surface area (Å²) >= 11 is 0. The van der Waals surface area contributed by atoms with Crippen LogP contribution in [-0.2, 0) is 22.1 Å². The fourth-order valence-corrected chi connectivity index (χ4v) is 3.81. The number of nitrogens with one attached hydrogen (secondary N) is 1. The van der Waals surface area contributed by atoms with Gasteiger partial charge in [0.1, 0.15) is 5.56 Å². The topological polar surface area (TPSA) is 88.5 Å². The van der Waals surface area contributed by atoms with E-state index in [1.165, 1.54) is 0 Å². The molecule has 36 heavy (non-hydrogen) atoms. The highest BCUT2D eigenvalue weighted by Crippen LogP contribution is 2.34. The van der Waals surface area contributed by atoms with Crippen LogP contribution in [0.5, 0.6) is 5.88 Å². The molecule has 9 heteroatoms. The van der Waals surface area contributed by atoms with E-state index in [9.17, 15) is 27.9 Å². The monoisotopic (exact) mass is 500 g/mol. The Hall–Kier alpha value is -3.88. The molecule has 2 atom stereocenters. The summed E-state index contributed by atoms with van der Waals surface area (Å²) in [6.07, 6.45) is -3.45. The van der Waals surface area contributed by atoms with Crippen molar-refractivity contribution in [2.24, 2.45) is 5.92 Å². The number of hydrogen-bond acceptors (Lipinski definition) is 5. The summed E-state index contributed by atoms with van der Waals surface area (Å²) in [6, 6.07) is 17.4. The number of ether oxygens (including phenoxy) is 1. The molecule has 0 spiro atoms. The first-order valence-electron chi connectivity index (χ1n) is 11.5. The number of benzene rings is 2. The number of carbonyl (C=O) groups is 2. The molecule has 0 aliphatic rings. The maximum absolute atomic E-state index is 13.1. The molecule has 1 amide bonds. The van der Waals surface area contributed by atoms with E-state index >= 15 is 0 Å². The molecule has 1 aromatic heterocycles. The van der Waals surface area contributed by atoms with Crippen LogP contribution in [0.4, 0.5) is 13.2 Å². The van der Waals surface area contributed by atoms with Crippen molar-refractivity contribution in [1.82, 2.24) is 10.3 Å². The third-order valence-electron chi connectivity index (χ3n) is 5.64. The Labute approximate surface area is 207 Å². The van der Waals surface area contributed by atoms with Gasteiger partial charge in [0.25, 0.3) is 5.91 Å². The first-order chi connectivity index (χ1) is 17.1. The molecule has 1 heterocycles. The van der Waals surface area contributed by atoms with Crippen LogP contribution in [0.25, 0.3) is 11.1 Å². The Kier molecular flexibility index (Phi) is 8.68. The summed E-state index contributed by atoms with van der Waals surface area (Å²) < 4.78 is 44.5. The van der Waals surface area contributed by atoms with Crippen molar-refractivity contribution < 1.29 is 32.6 Å². The summed E-state index contributed by atoms with van der Waals surface area (Å²) in [6.45, 7) is 3.56. The molecule has 2 N–H and O–H groups in total. The van der Waals surface area contributed by atoms with Gasteiger partial charge in [0.15, 0.2) is 0 Å². The highest BCUT2D eigenvalue weighted by molar-refractivity contribution is 5.94. The molecule has 190 valence electrons. The molecular formula is C27H27F3N2O4. The lowest BCUT2D eigenvalue weighted by Gasteiger charge is -2.22. The molecule has 2 aromatic carbocycles. The van der Waals surface area contributed by atoms with Crippen LogP contribution in [0, 0.1) is 5.92 Å². The van der Waals surface area contributed by atoms with E-state index < -0.39 is 41.5 Å². The van der Waals surface area contributed by atoms with Gasteiger partial charge in [-0.25, -0.2) is 4.98 Å². The van der Waals surface area contributed by atoms with E-state index in [-0.39, 0.29) is 18.6 Å². The van der Waals surface area contributed by atoms with Crippen LogP contribution in [0.15, 0.2) is 66.9 Å². The Morgan fingerprint density at radius 3 is 2.31 bits per heavy atom. The summed E-state index contributed by atoms with van der Waals surface area (Å²) in [5.74, 6) is -2.98. The van der Waals surface area contributed by atoms with Crippen molar-refractivity contribution >= 4 is 11.9 Å². The van der Waals surface area contributed by atoms with Crippen molar-refractivity contribution in [1.29, 1.82) is 0 Å². The van der Waals surface area contributed by atoms with Crippen LogP contribution >= 0.6 is 0 Å².